The van der Waals surface area contributed by atoms with Crippen LogP contribution in [0.2, 0.25) is 0 Å². The molecule has 82 valence electrons. The Morgan fingerprint density at radius 3 is 2.67 bits per heavy atom. The predicted molar refractivity (Wildman–Crippen MR) is 58.3 cm³/mol. The molecule has 1 unspecified atom stereocenters. The Hall–Kier alpha value is -1.84. The van der Waals surface area contributed by atoms with Crippen LogP contribution < -0.4 is 5.32 Å². The molecule has 0 aliphatic heterocycles. The lowest BCUT2D eigenvalue weighted by molar-refractivity contribution is -0.140. The number of rotatable bonds is 7. The topological polar surface area (TPSA) is 66.4 Å². The monoisotopic (exact) mass is 209 g/mol. The highest BCUT2D eigenvalue weighted by Gasteiger charge is 2.16. The van der Waals surface area contributed by atoms with Crippen molar-refractivity contribution in [3.05, 3.63) is 36.5 Å². The van der Waals surface area contributed by atoms with Crippen molar-refractivity contribution in [2.45, 2.75) is 19.4 Å². The maximum absolute atomic E-state index is 10.7. The van der Waals surface area contributed by atoms with E-state index in [-0.39, 0.29) is 6.42 Å². The first-order valence-electron chi connectivity index (χ1n) is 4.52. The summed E-state index contributed by atoms with van der Waals surface area (Å²) < 4.78 is 0. The van der Waals surface area contributed by atoms with Crippen LogP contribution in [0.4, 0.5) is 0 Å². The second-order valence-electron chi connectivity index (χ2n) is 2.85. The first kappa shape index (κ1) is 13.2. The van der Waals surface area contributed by atoms with E-state index in [0.29, 0.717) is 6.41 Å². The van der Waals surface area contributed by atoms with Crippen molar-refractivity contribution >= 4 is 12.4 Å². The maximum Gasteiger partial charge on any atom is 0.326 e. The average Bonchev–Trinajstić information content (AvgIpc) is 2.22. The molecule has 0 heterocycles. The van der Waals surface area contributed by atoms with E-state index < -0.39 is 12.0 Å². The smallest absolute Gasteiger partial charge is 0.326 e. The number of carbonyl (C=O) groups excluding carboxylic acids is 1. The molecule has 0 saturated heterocycles. The predicted octanol–water partition coefficient (Wildman–Crippen LogP) is 1.26. The van der Waals surface area contributed by atoms with E-state index >= 15 is 0 Å². The van der Waals surface area contributed by atoms with Gasteiger partial charge in [-0.15, -0.1) is 0 Å². The van der Waals surface area contributed by atoms with Crippen LogP contribution in [0, 0.1) is 0 Å². The number of allylic oxidation sites excluding steroid dienone is 4. The van der Waals surface area contributed by atoms with Crippen LogP contribution in [0.15, 0.2) is 36.5 Å². The molecule has 4 heteroatoms. The number of aliphatic carboxylic acids is 1. The van der Waals surface area contributed by atoms with E-state index in [1.54, 1.807) is 18.2 Å². The number of nitrogens with one attached hydrogen (secondary N) is 1. The summed E-state index contributed by atoms with van der Waals surface area (Å²) >= 11 is 0. The summed E-state index contributed by atoms with van der Waals surface area (Å²) in [5, 5.41) is 11.0. The van der Waals surface area contributed by atoms with Crippen molar-refractivity contribution in [1.82, 2.24) is 5.32 Å². The van der Waals surface area contributed by atoms with Gasteiger partial charge in [-0.1, -0.05) is 30.9 Å². The maximum atomic E-state index is 10.7. The standard InChI is InChI=1S/C11H15NO3/c1-3-5-6-9(4-2)7-10(11(14)15)12-8-13/h3-6,8,10H,2,7H2,1H3,(H,12,13)(H,14,15)/b5-3-,9-6+. The third kappa shape index (κ3) is 5.46. The molecule has 1 amide bonds. The lowest BCUT2D eigenvalue weighted by atomic mass is 10.1. The van der Waals surface area contributed by atoms with Gasteiger partial charge in [-0.05, 0) is 12.5 Å². The van der Waals surface area contributed by atoms with E-state index in [9.17, 15) is 9.59 Å². The molecule has 0 saturated carbocycles. The van der Waals surface area contributed by atoms with Crippen LogP contribution in [0.3, 0.4) is 0 Å². The van der Waals surface area contributed by atoms with Gasteiger partial charge in [0, 0.05) is 6.42 Å². The Balaban J connectivity index is 4.54. The molecular weight excluding hydrogens is 194 g/mol. The Labute approximate surface area is 89.0 Å². The summed E-state index contributed by atoms with van der Waals surface area (Å²) in [7, 11) is 0. The minimum Gasteiger partial charge on any atom is -0.480 e. The number of carbonyl (C=O) groups is 2. The van der Waals surface area contributed by atoms with Crippen molar-refractivity contribution in [2.75, 3.05) is 0 Å². The molecule has 0 bridgehead atoms. The fourth-order valence-corrected chi connectivity index (χ4v) is 0.975. The van der Waals surface area contributed by atoms with Crippen LogP contribution in [0.5, 0.6) is 0 Å². The number of amides is 1. The summed E-state index contributed by atoms with van der Waals surface area (Å²) in [6.07, 6.45) is 7.55. The number of hydrogen-bond donors (Lipinski definition) is 2. The lowest BCUT2D eigenvalue weighted by Gasteiger charge is -2.10. The Morgan fingerprint density at radius 2 is 2.27 bits per heavy atom. The molecule has 2 N–H and O–H groups in total. The highest BCUT2D eigenvalue weighted by molar-refractivity contribution is 5.76. The molecule has 4 nitrogen and oxygen atoms in total. The quantitative estimate of drug-likeness (QED) is 0.490. The minimum absolute atomic E-state index is 0.224. The van der Waals surface area contributed by atoms with Gasteiger partial charge in [-0.2, -0.15) is 0 Å². The molecule has 1 atom stereocenters. The molecule has 0 rings (SSSR count). The van der Waals surface area contributed by atoms with E-state index in [1.807, 2.05) is 13.0 Å². The van der Waals surface area contributed by atoms with Gasteiger partial charge in [-0.3, -0.25) is 4.79 Å². The third-order valence-corrected chi connectivity index (χ3v) is 1.77. The van der Waals surface area contributed by atoms with Gasteiger partial charge in [-0.25, -0.2) is 4.79 Å². The number of carboxylic acid groups (broad SMARTS) is 1. The average molecular weight is 209 g/mol. The third-order valence-electron chi connectivity index (χ3n) is 1.77. The number of hydrogen-bond acceptors (Lipinski definition) is 2. The van der Waals surface area contributed by atoms with E-state index in [4.69, 9.17) is 5.11 Å². The Morgan fingerprint density at radius 1 is 1.60 bits per heavy atom. The summed E-state index contributed by atoms with van der Waals surface area (Å²) in [6.45, 7) is 5.43. The van der Waals surface area contributed by atoms with Crippen LogP contribution in [-0.2, 0) is 9.59 Å². The van der Waals surface area contributed by atoms with Gasteiger partial charge in [0.25, 0.3) is 0 Å². The lowest BCUT2D eigenvalue weighted by Crippen LogP contribution is -2.35. The molecular formula is C11H15NO3. The fourth-order valence-electron chi connectivity index (χ4n) is 0.975. The number of carboxylic acids is 1. The Bertz CT molecular complexity index is 292. The van der Waals surface area contributed by atoms with Gasteiger partial charge in [0.2, 0.25) is 6.41 Å². The summed E-state index contributed by atoms with van der Waals surface area (Å²) in [5.41, 5.74) is 0.759. The molecule has 0 fully saturated rings. The van der Waals surface area contributed by atoms with Gasteiger partial charge >= 0.3 is 5.97 Å². The SMILES string of the molecule is C=C/C(=C\C=C/C)CC(NC=O)C(=O)O. The first-order valence-corrected chi connectivity index (χ1v) is 4.52. The second kappa shape index (κ2) is 7.55. The van der Waals surface area contributed by atoms with Crippen LogP contribution in [0.1, 0.15) is 13.3 Å². The van der Waals surface area contributed by atoms with Gasteiger partial charge in [0.05, 0.1) is 0 Å². The summed E-state index contributed by atoms with van der Waals surface area (Å²) in [5.74, 6) is -1.06. The minimum atomic E-state index is -1.06. The Kier molecular flexibility index (Phi) is 6.63. The van der Waals surface area contributed by atoms with E-state index in [1.165, 1.54) is 0 Å². The normalized spacial score (nSPS) is 13.5. The van der Waals surface area contributed by atoms with Gasteiger partial charge in [0.1, 0.15) is 6.04 Å². The summed E-state index contributed by atoms with van der Waals surface area (Å²) in [6, 6.07) is -0.906. The summed E-state index contributed by atoms with van der Waals surface area (Å²) in [4.78, 5) is 20.9. The van der Waals surface area contributed by atoms with Crippen molar-refractivity contribution in [2.24, 2.45) is 0 Å². The molecule has 15 heavy (non-hydrogen) atoms. The van der Waals surface area contributed by atoms with E-state index in [2.05, 4.69) is 11.9 Å². The molecule has 0 aliphatic rings. The second-order valence-corrected chi connectivity index (χ2v) is 2.85. The first-order chi connectivity index (χ1) is 7.15. The molecule has 0 spiro atoms. The zero-order chi connectivity index (χ0) is 11.7. The highest BCUT2D eigenvalue weighted by Crippen LogP contribution is 2.07. The van der Waals surface area contributed by atoms with Gasteiger partial charge in [0.15, 0.2) is 0 Å². The molecule has 0 aromatic rings. The largest absolute Gasteiger partial charge is 0.480 e. The molecule has 0 aliphatic carbocycles. The van der Waals surface area contributed by atoms with Crippen LogP contribution in [0.25, 0.3) is 0 Å². The van der Waals surface area contributed by atoms with Crippen molar-refractivity contribution in [3.8, 4) is 0 Å². The molecule has 0 aromatic heterocycles. The zero-order valence-corrected chi connectivity index (χ0v) is 8.64. The molecule has 0 radical (unpaired) electrons. The fraction of sp³-hybridized carbons (Fsp3) is 0.273. The van der Waals surface area contributed by atoms with Gasteiger partial charge < -0.3 is 10.4 Å². The van der Waals surface area contributed by atoms with E-state index in [0.717, 1.165) is 5.57 Å². The van der Waals surface area contributed by atoms with Crippen LogP contribution >= 0.6 is 0 Å². The van der Waals surface area contributed by atoms with Crippen molar-refractivity contribution in [1.29, 1.82) is 0 Å². The molecule has 0 aromatic carbocycles. The van der Waals surface area contributed by atoms with Crippen LogP contribution in [-0.4, -0.2) is 23.5 Å². The van der Waals surface area contributed by atoms with Crippen molar-refractivity contribution in [3.63, 3.8) is 0 Å². The highest BCUT2D eigenvalue weighted by atomic mass is 16.4. The van der Waals surface area contributed by atoms with Crippen molar-refractivity contribution < 1.29 is 14.7 Å². The zero-order valence-electron chi connectivity index (χ0n) is 8.64.